The molecule has 1 aromatic carbocycles. The van der Waals surface area contributed by atoms with Gasteiger partial charge in [0.2, 0.25) is 0 Å². The second-order valence-electron chi connectivity index (χ2n) is 3.71. The highest BCUT2D eigenvalue weighted by atomic mass is 16.5. The number of nitrogen functional groups attached to an aromatic ring is 1. The Balaban J connectivity index is 2.76. The van der Waals surface area contributed by atoms with Crippen LogP contribution in [0.25, 0.3) is 0 Å². The van der Waals surface area contributed by atoms with Gasteiger partial charge in [0.15, 0.2) is 0 Å². The van der Waals surface area contributed by atoms with Gasteiger partial charge in [0, 0.05) is 17.8 Å². The van der Waals surface area contributed by atoms with Gasteiger partial charge in [-0.2, -0.15) is 0 Å². The van der Waals surface area contributed by atoms with Crippen LogP contribution >= 0.6 is 0 Å². The van der Waals surface area contributed by atoms with Crippen molar-refractivity contribution in [1.82, 2.24) is 5.32 Å². The third kappa shape index (κ3) is 3.34. The van der Waals surface area contributed by atoms with Crippen LogP contribution in [0.15, 0.2) is 18.2 Å². The number of carbonyl (C=O) groups is 1. The molecule has 0 atom stereocenters. The van der Waals surface area contributed by atoms with Crippen LogP contribution in [0, 0.1) is 0 Å². The second-order valence-corrected chi connectivity index (χ2v) is 3.71. The molecule has 0 aliphatic heterocycles. The first kappa shape index (κ1) is 12.2. The van der Waals surface area contributed by atoms with E-state index in [-0.39, 0.29) is 12.1 Å². The van der Waals surface area contributed by atoms with Gasteiger partial charge in [0.25, 0.3) is 0 Å². The largest absolute Gasteiger partial charge is 0.494 e. The molecule has 1 rings (SSSR count). The van der Waals surface area contributed by atoms with Gasteiger partial charge in [-0.1, -0.05) is 0 Å². The zero-order chi connectivity index (χ0) is 12.1. The van der Waals surface area contributed by atoms with Gasteiger partial charge in [-0.15, -0.1) is 0 Å². The predicted molar refractivity (Wildman–Crippen MR) is 64.7 cm³/mol. The fraction of sp³-hybridized carbons (Fsp3) is 0.364. The lowest BCUT2D eigenvalue weighted by atomic mass is 10.2. The summed E-state index contributed by atoms with van der Waals surface area (Å²) in [6.07, 6.45) is 0. The van der Waals surface area contributed by atoms with Crippen LogP contribution in [0.2, 0.25) is 0 Å². The van der Waals surface area contributed by atoms with Crippen molar-refractivity contribution in [3.8, 4) is 5.75 Å². The van der Waals surface area contributed by atoms with E-state index in [9.17, 15) is 4.79 Å². The summed E-state index contributed by atoms with van der Waals surface area (Å²) >= 11 is 0. The average molecular weight is 223 g/mol. The van der Waals surface area contributed by atoms with Gasteiger partial charge in [0.1, 0.15) is 5.75 Å². The minimum Gasteiger partial charge on any atom is -0.494 e. The standard InChI is InChI=1S/C11H17N3O2/c1-7(2)13-11(15)14-9-5-4-8(12)6-10(9)16-3/h4-7H,12H2,1-3H3,(H2,13,14,15). The molecule has 0 saturated heterocycles. The summed E-state index contributed by atoms with van der Waals surface area (Å²) in [5.74, 6) is 0.541. The molecule has 0 heterocycles. The number of methoxy groups -OCH3 is 1. The van der Waals surface area contributed by atoms with Gasteiger partial charge in [-0.3, -0.25) is 0 Å². The number of hydrogen-bond acceptors (Lipinski definition) is 3. The van der Waals surface area contributed by atoms with Crippen molar-refractivity contribution in [3.05, 3.63) is 18.2 Å². The van der Waals surface area contributed by atoms with Crippen LogP contribution in [0.3, 0.4) is 0 Å². The van der Waals surface area contributed by atoms with Gasteiger partial charge in [-0.25, -0.2) is 4.79 Å². The van der Waals surface area contributed by atoms with E-state index in [1.807, 2.05) is 13.8 Å². The number of amides is 2. The molecule has 0 saturated carbocycles. The highest BCUT2D eigenvalue weighted by Gasteiger charge is 2.08. The summed E-state index contributed by atoms with van der Waals surface area (Å²) in [4.78, 5) is 11.5. The van der Waals surface area contributed by atoms with Crippen molar-refractivity contribution in [2.75, 3.05) is 18.2 Å². The van der Waals surface area contributed by atoms with E-state index >= 15 is 0 Å². The lowest BCUT2D eigenvalue weighted by Gasteiger charge is -2.13. The fourth-order valence-electron chi connectivity index (χ4n) is 1.23. The van der Waals surface area contributed by atoms with E-state index in [1.54, 1.807) is 18.2 Å². The summed E-state index contributed by atoms with van der Waals surface area (Å²) < 4.78 is 5.11. The quantitative estimate of drug-likeness (QED) is 0.684. The van der Waals surface area contributed by atoms with Crippen molar-refractivity contribution in [2.24, 2.45) is 0 Å². The molecule has 2 amide bonds. The monoisotopic (exact) mass is 223 g/mol. The number of rotatable bonds is 3. The predicted octanol–water partition coefficient (Wildman–Crippen LogP) is 1.81. The summed E-state index contributed by atoms with van der Waals surface area (Å²) in [7, 11) is 1.53. The van der Waals surface area contributed by atoms with Crippen molar-refractivity contribution in [3.63, 3.8) is 0 Å². The smallest absolute Gasteiger partial charge is 0.319 e. The first-order valence-electron chi connectivity index (χ1n) is 5.04. The Morgan fingerprint density at radius 3 is 2.69 bits per heavy atom. The minimum absolute atomic E-state index is 0.0831. The summed E-state index contributed by atoms with van der Waals surface area (Å²) in [5.41, 5.74) is 6.79. The first-order chi connectivity index (χ1) is 7.52. The molecule has 5 heteroatoms. The molecule has 5 nitrogen and oxygen atoms in total. The van der Waals surface area contributed by atoms with Crippen LogP contribution in [0.1, 0.15) is 13.8 Å². The summed E-state index contributed by atoms with van der Waals surface area (Å²) in [6, 6.07) is 4.88. The van der Waals surface area contributed by atoms with E-state index in [0.717, 1.165) is 0 Å². The molecule has 1 aromatic rings. The van der Waals surface area contributed by atoms with Crippen molar-refractivity contribution in [1.29, 1.82) is 0 Å². The van der Waals surface area contributed by atoms with Crippen molar-refractivity contribution >= 4 is 17.4 Å². The van der Waals surface area contributed by atoms with Crippen LogP contribution in [-0.2, 0) is 0 Å². The molecule has 0 spiro atoms. The molecular weight excluding hydrogens is 206 g/mol. The second kappa shape index (κ2) is 5.25. The van der Waals surface area contributed by atoms with Crippen LogP contribution in [0.5, 0.6) is 5.75 Å². The molecule has 4 N–H and O–H groups in total. The minimum atomic E-state index is -0.266. The number of ether oxygens (including phenoxy) is 1. The number of urea groups is 1. The van der Waals surface area contributed by atoms with E-state index in [4.69, 9.17) is 10.5 Å². The number of carbonyl (C=O) groups excluding carboxylic acids is 1. The number of nitrogens with two attached hydrogens (primary N) is 1. The molecule has 0 bridgehead atoms. The van der Waals surface area contributed by atoms with E-state index in [2.05, 4.69) is 10.6 Å². The fourth-order valence-corrected chi connectivity index (χ4v) is 1.23. The molecule has 0 aliphatic carbocycles. The highest BCUT2D eigenvalue weighted by Crippen LogP contribution is 2.26. The van der Waals surface area contributed by atoms with Crippen LogP contribution < -0.4 is 21.1 Å². The first-order valence-corrected chi connectivity index (χ1v) is 5.04. The maximum Gasteiger partial charge on any atom is 0.319 e. The maximum absolute atomic E-state index is 11.5. The topological polar surface area (TPSA) is 76.4 Å². The van der Waals surface area contributed by atoms with E-state index in [0.29, 0.717) is 17.1 Å². The van der Waals surface area contributed by atoms with E-state index in [1.165, 1.54) is 7.11 Å². The molecule has 0 radical (unpaired) electrons. The Morgan fingerprint density at radius 1 is 1.44 bits per heavy atom. The Morgan fingerprint density at radius 2 is 2.12 bits per heavy atom. The van der Waals surface area contributed by atoms with Gasteiger partial charge in [0.05, 0.1) is 12.8 Å². The molecule has 0 aromatic heterocycles. The molecule has 16 heavy (non-hydrogen) atoms. The lowest BCUT2D eigenvalue weighted by Crippen LogP contribution is -2.34. The molecule has 88 valence electrons. The van der Waals surface area contributed by atoms with Gasteiger partial charge in [-0.05, 0) is 26.0 Å². The zero-order valence-electron chi connectivity index (χ0n) is 9.70. The number of nitrogens with one attached hydrogen (secondary N) is 2. The third-order valence-corrected chi connectivity index (χ3v) is 1.89. The molecule has 0 fully saturated rings. The Hall–Kier alpha value is -1.91. The molecule has 0 unspecified atom stereocenters. The van der Waals surface area contributed by atoms with Gasteiger partial charge >= 0.3 is 6.03 Å². The zero-order valence-corrected chi connectivity index (χ0v) is 9.70. The Labute approximate surface area is 95.0 Å². The number of anilines is 2. The SMILES string of the molecule is COc1cc(N)ccc1NC(=O)NC(C)C. The highest BCUT2D eigenvalue weighted by molar-refractivity contribution is 5.91. The van der Waals surface area contributed by atoms with Crippen LogP contribution in [0.4, 0.5) is 16.2 Å². The number of benzene rings is 1. The molecular formula is C11H17N3O2. The third-order valence-electron chi connectivity index (χ3n) is 1.89. The lowest BCUT2D eigenvalue weighted by molar-refractivity contribution is 0.250. The van der Waals surface area contributed by atoms with Gasteiger partial charge < -0.3 is 21.1 Å². The summed E-state index contributed by atoms with van der Waals surface area (Å²) in [5, 5.41) is 5.41. The van der Waals surface area contributed by atoms with Crippen molar-refractivity contribution < 1.29 is 9.53 Å². The Kier molecular flexibility index (Phi) is 3.99. The van der Waals surface area contributed by atoms with E-state index < -0.39 is 0 Å². The normalized spacial score (nSPS) is 10.0. The Bertz CT molecular complexity index is 377. The van der Waals surface area contributed by atoms with Crippen molar-refractivity contribution in [2.45, 2.75) is 19.9 Å². The number of hydrogen-bond donors (Lipinski definition) is 3. The average Bonchev–Trinajstić information content (AvgIpc) is 2.19. The molecule has 0 aliphatic rings. The van der Waals surface area contributed by atoms with Crippen LogP contribution in [-0.4, -0.2) is 19.2 Å². The summed E-state index contributed by atoms with van der Waals surface area (Å²) in [6.45, 7) is 3.78. The maximum atomic E-state index is 11.5.